The molecule has 1 aliphatic rings. The molecule has 0 spiro atoms. The van der Waals surface area contributed by atoms with Gasteiger partial charge in [0.2, 0.25) is 0 Å². The van der Waals surface area contributed by atoms with Crippen LogP contribution >= 0.6 is 0 Å². The number of nitrogens with one attached hydrogen (secondary N) is 1. The molecule has 1 saturated heterocycles. The summed E-state index contributed by atoms with van der Waals surface area (Å²) in [5.41, 5.74) is -2.47. The SMILES string of the molecule is CCCC(C(=O)OC(C)(C)C)N1CCN(CC(=O)OC(C)(C)C)CCN(CCNC(=O)OC(C)(C)C)CCN(CC(=O)OC(C)(C)C)CC1.O=CO. The second kappa shape index (κ2) is 22.9. The summed E-state index contributed by atoms with van der Waals surface area (Å²) in [6.45, 7) is 29.4. The summed E-state index contributed by atoms with van der Waals surface area (Å²) in [7, 11) is 0. The van der Waals surface area contributed by atoms with Crippen LogP contribution in [0.15, 0.2) is 0 Å². The van der Waals surface area contributed by atoms with Crippen molar-refractivity contribution in [2.75, 3.05) is 78.5 Å². The zero-order valence-electron chi connectivity index (χ0n) is 34.5. The molecular weight excluding hydrogens is 674 g/mol. The standard InChI is InChI=1S/C36H69N5O8.CH2O2/c1-14-15-28(31(44)48-35(8,9)10)41-24-22-39(26-29(42)46-33(2,3)4)20-18-38(17-16-37-32(45)49-36(11,12)13)19-21-40(23-25-41)27-30(43)47-34(5,6)7;2-1-3/h28H,14-27H2,1-13H3,(H,37,45);1H,(H,2,3). The van der Waals surface area contributed by atoms with Crippen molar-refractivity contribution in [3.63, 3.8) is 0 Å². The summed E-state index contributed by atoms with van der Waals surface area (Å²) in [5.74, 6) is -0.905. The summed E-state index contributed by atoms with van der Waals surface area (Å²) >= 11 is 0. The minimum atomic E-state index is -0.636. The first kappa shape index (κ1) is 49.0. The largest absolute Gasteiger partial charge is 0.483 e. The van der Waals surface area contributed by atoms with Gasteiger partial charge >= 0.3 is 24.0 Å². The summed E-state index contributed by atoms with van der Waals surface area (Å²) in [6.07, 6.45) is 0.924. The molecule has 1 unspecified atom stereocenters. The first-order chi connectivity index (χ1) is 23.8. The fraction of sp³-hybridized carbons (Fsp3) is 0.865. The van der Waals surface area contributed by atoms with Crippen LogP contribution < -0.4 is 5.32 Å². The van der Waals surface area contributed by atoms with Gasteiger partial charge < -0.3 is 29.4 Å². The van der Waals surface area contributed by atoms with E-state index in [9.17, 15) is 19.2 Å². The number of rotatable bonds is 11. The summed E-state index contributed by atoms with van der Waals surface area (Å²) in [6, 6.07) is -0.477. The van der Waals surface area contributed by atoms with Gasteiger partial charge in [0.25, 0.3) is 6.47 Å². The van der Waals surface area contributed by atoms with E-state index >= 15 is 0 Å². The Labute approximate surface area is 313 Å². The molecule has 52 heavy (non-hydrogen) atoms. The molecule has 1 heterocycles. The lowest BCUT2D eigenvalue weighted by Crippen LogP contribution is -2.53. The van der Waals surface area contributed by atoms with Crippen molar-refractivity contribution in [2.45, 2.75) is 131 Å². The van der Waals surface area contributed by atoms with E-state index < -0.39 is 34.5 Å². The highest BCUT2D eigenvalue weighted by Crippen LogP contribution is 2.17. The van der Waals surface area contributed by atoms with Crippen LogP contribution in [0.25, 0.3) is 0 Å². The molecule has 0 aromatic carbocycles. The average Bonchev–Trinajstić information content (AvgIpc) is 2.92. The number of hydrogen-bond acceptors (Lipinski definition) is 13. The maximum atomic E-state index is 13.5. The normalized spacial score (nSPS) is 17.2. The van der Waals surface area contributed by atoms with E-state index in [0.29, 0.717) is 71.9 Å². The lowest BCUT2D eigenvalue weighted by atomic mass is 10.1. The number of esters is 3. The van der Waals surface area contributed by atoms with Gasteiger partial charge in [-0.1, -0.05) is 13.3 Å². The fourth-order valence-electron chi connectivity index (χ4n) is 5.24. The van der Waals surface area contributed by atoms with Gasteiger partial charge in [-0.25, -0.2) is 4.79 Å². The molecule has 0 radical (unpaired) electrons. The van der Waals surface area contributed by atoms with Crippen LogP contribution in [0.2, 0.25) is 0 Å². The molecule has 15 heteroatoms. The van der Waals surface area contributed by atoms with E-state index in [0.717, 1.165) is 6.42 Å². The predicted octanol–water partition coefficient (Wildman–Crippen LogP) is 3.63. The number of amides is 1. The van der Waals surface area contributed by atoms with Crippen LogP contribution in [0.5, 0.6) is 0 Å². The van der Waals surface area contributed by atoms with Crippen LogP contribution in [-0.4, -0.2) is 162 Å². The summed E-state index contributed by atoms with van der Waals surface area (Å²) in [4.78, 5) is 68.7. The molecule has 2 N–H and O–H groups in total. The molecule has 0 bridgehead atoms. The molecule has 15 nitrogen and oxygen atoms in total. The topological polar surface area (TPSA) is 167 Å². The highest BCUT2D eigenvalue weighted by atomic mass is 16.6. The van der Waals surface area contributed by atoms with E-state index in [4.69, 9.17) is 28.8 Å². The third-order valence-electron chi connectivity index (χ3n) is 7.20. The Balaban J connectivity index is 0.00000835. The van der Waals surface area contributed by atoms with Crippen molar-refractivity contribution >= 4 is 30.5 Å². The van der Waals surface area contributed by atoms with Crippen molar-refractivity contribution in [1.29, 1.82) is 0 Å². The van der Waals surface area contributed by atoms with Crippen molar-refractivity contribution in [3.8, 4) is 0 Å². The third kappa shape index (κ3) is 25.9. The number of carbonyl (C=O) groups excluding carboxylic acids is 4. The van der Waals surface area contributed by atoms with Gasteiger partial charge in [0.1, 0.15) is 28.4 Å². The quantitative estimate of drug-likeness (QED) is 0.179. The van der Waals surface area contributed by atoms with Gasteiger partial charge in [-0.15, -0.1) is 0 Å². The van der Waals surface area contributed by atoms with Gasteiger partial charge in [0, 0.05) is 65.4 Å². The monoisotopic (exact) mass is 746 g/mol. The van der Waals surface area contributed by atoms with E-state index in [-0.39, 0.29) is 37.5 Å². The number of alkyl carbamates (subject to hydrolysis) is 1. The molecule has 0 saturated carbocycles. The maximum absolute atomic E-state index is 13.5. The molecule has 0 aromatic heterocycles. The molecule has 304 valence electrons. The number of carboxylic acid groups (broad SMARTS) is 1. The van der Waals surface area contributed by atoms with Crippen LogP contribution in [0, 0.1) is 0 Å². The van der Waals surface area contributed by atoms with E-state index in [1.54, 1.807) is 0 Å². The predicted molar refractivity (Wildman–Crippen MR) is 200 cm³/mol. The molecular formula is C37H71N5O10. The summed E-state index contributed by atoms with van der Waals surface area (Å²) < 4.78 is 22.6. The second-order valence-corrected chi connectivity index (χ2v) is 17.0. The Bertz CT molecular complexity index is 1050. The number of nitrogens with zero attached hydrogens (tertiary/aromatic N) is 4. The van der Waals surface area contributed by atoms with Gasteiger partial charge in [-0.3, -0.25) is 38.8 Å². The molecule has 0 aliphatic carbocycles. The molecule has 1 fully saturated rings. The Morgan fingerprint density at radius 2 is 1.00 bits per heavy atom. The van der Waals surface area contributed by atoms with Crippen LogP contribution in [0.3, 0.4) is 0 Å². The molecule has 1 atom stereocenters. The average molecular weight is 746 g/mol. The fourth-order valence-corrected chi connectivity index (χ4v) is 5.24. The Morgan fingerprint density at radius 3 is 1.37 bits per heavy atom. The van der Waals surface area contributed by atoms with Crippen LogP contribution in [0.1, 0.15) is 103 Å². The van der Waals surface area contributed by atoms with Gasteiger partial charge in [-0.2, -0.15) is 0 Å². The van der Waals surface area contributed by atoms with E-state index in [2.05, 4.69) is 24.9 Å². The van der Waals surface area contributed by atoms with E-state index in [1.807, 2.05) is 90.0 Å². The maximum Gasteiger partial charge on any atom is 0.407 e. The van der Waals surface area contributed by atoms with Crippen molar-refractivity contribution in [3.05, 3.63) is 0 Å². The first-order valence-corrected chi connectivity index (χ1v) is 18.4. The molecule has 1 amide bonds. The van der Waals surface area contributed by atoms with Crippen molar-refractivity contribution in [1.82, 2.24) is 24.9 Å². The number of carbonyl (C=O) groups is 5. The molecule has 1 aliphatic heterocycles. The van der Waals surface area contributed by atoms with Crippen molar-refractivity contribution < 1.29 is 48.0 Å². The second-order valence-electron chi connectivity index (χ2n) is 17.0. The lowest BCUT2D eigenvalue weighted by molar-refractivity contribution is -0.163. The third-order valence-corrected chi connectivity index (χ3v) is 7.20. The van der Waals surface area contributed by atoms with Gasteiger partial charge in [0.05, 0.1) is 13.1 Å². The number of ether oxygens (including phenoxy) is 4. The van der Waals surface area contributed by atoms with Crippen LogP contribution in [-0.2, 0) is 38.1 Å². The lowest BCUT2D eigenvalue weighted by Gasteiger charge is -2.37. The highest BCUT2D eigenvalue weighted by molar-refractivity contribution is 5.76. The Kier molecular flexibility index (Phi) is 21.6. The molecule has 0 aromatic rings. The zero-order chi connectivity index (χ0) is 40.3. The highest BCUT2D eigenvalue weighted by Gasteiger charge is 2.32. The summed E-state index contributed by atoms with van der Waals surface area (Å²) in [5, 5.41) is 9.73. The molecule has 1 rings (SSSR count). The minimum Gasteiger partial charge on any atom is -0.483 e. The Morgan fingerprint density at radius 1 is 0.635 bits per heavy atom. The smallest absolute Gasteiger partial charge is 0.407 e. The number of hydrogen-bond donors (Lipinski definition) is 2. The van der Waals surface area contributed by atoms with E-state index in [1.165, 1.54) is 0 Å². The Hall–Kier alpha value is -3.01. The van der Waals surface area contributed by atoms with Gasteiger partial charge in [0.15, 0.2) is 0 Å². The van der Waals surface area contributed by atoms with Gasteiger partial charge in [-0.05, 0) is 89.5 Å². The minimum absolute atomic E-state index is 0.102. The van der Waals surface area contributed by atoms with Crippen LogP contribution in [0.4, 0.5) is 4.79 Å². The zero-order valence-corrected chi connectivity index (χ0v) is 34.5. The first-order valence-electron chi connectivity index (χ1n) is 18.4. The van der Waals surface area contributed by atoms with Crippen molar-refractivity contribution in [2.24, 2.45) is 0 Å².